The van der Waals surface area contributed by atoms with Crippen LogP contribution in [0.1, 0.15) is 11.1 Å². The molecule has 1 aromatic heterocycles. The Morgan fingerprint density at radius 1 is 1.05 bits per heavy atom. The lowest BCUT2D eigenvalue weighted by atomic mass is 10.1. The summed E-state index contributed by atoms with van der Waals surface area (Å²) in [5.41, 5.74) is 2.06. The molecular weight excluding hydrogens is 276 g/mol. The molecule has 3 rings (SSSR count). The highest BCUT2D eigenvalue weighted by Crippen LogP contribution is 2.23. The van der Waals surface area contributed by atoms with Gasteiger partial charge in [-0.3, -0.25) is 0 Å². The predicted octanol–water partition coefficient (Wildman–Crippen LogP) is 3.35. The lowest BCUT2D eigenvalue weighted by Gasteiger charge is -2.10. The van der Waals surface area contributed by atoms with Crippen LogP contribution in [0, 0.1) is 0 Å². The largest absolute Gasteiger partial charge is 0.497 e. The summed E-state index contributed by atoms with van der Waals surface area (Å²) in [6.07, 6.45) is 1.78. The Kier molecular flexibility index (Phi) is 4.21. The summed E-state index contributed by atoms with van der Waals surface area (Å²) in [5, 5.41) is 14.7. The number of aromatic nitrogens is 1. The zero-order chi connectivity index (χ0) is 15.4. The van der Waals surface area contributed by atoms with Gasteiger partial charge >= 0.3 is 0 Å². The Morgan fingerprint density at radius 2 is 1.82 bits per heavy atom. The molecule has 0 unspecified atom stereocenters. The van der Waals surface area contributed by atoms with Gasteiger partial charge < -0.3 is 15.2 Å². The van der Waals surface area contributed by atoms with Gasteiger partial charge in [0.1, 0.15) is 11.6 Å². The number of aliphatic hydroxyl groups excluding tert-OH is 1. The van der Waals surface area contributed by atoms with Crippen LogP contribution < -0.4 is 10.1 Å². The number of hydrogen-bond acceptors (Lipinski definition) is 4. The van der Waals surface area contributed by atoms with E-state index in [1.54, 1.807) is 13.3 Å². The van der Waals surface area contributed by atoms with Crippen molar-refractivity contribution < 1.29 is 9.84 Å². The van der Waals surface area contributed by atoms with Crippen LogP contribution in [0.4, 0.5) is 5.82 Å². The van der Waals surface area contributed by atoms with Crippen LogP contribution in [-0.2, 0) is 13.2 Å². The van der Waals surface area contributed by atoms with Gasteiger partial charge in [0.2, 0.25) is 0 Å². The van der Waals surface area contributed by atoms with E-state index in [-0.39, 0.29) is 6.61 Å². The average Bonchev–Trinajstić information content (AvgIpc) is 2.59. The Hall–Kier alpha value is -2.59. The number of pyridine rings is 1. The first-order valence-corrected chi connectivity index (χ1v) is 7.15. The summed E-state index contributed by atoms with van der Waals surface area (Å²) in [7, 11) is 1.66. The lowest BCUT2D eigenvalue weighted by Crippen LogP contribution is -2.02. The molecule has 0 saturated carbocycles. The van der Waals surface area contributed by atoms with Crippen LogP contribution in [0.15, 0.2) is 54.7 Å². The summed E-state index contributed by atoms with van der Waals surface area (Å²) < 4.78 is 5.16. The highest BCUT2D eigenvalue weighted by molar-refractivity contribution is 5.92. The van der Waals surface area contributed by atoms with Crippen molar-refractivity contribution in [2.75, 3.05) is 12.4 Å². The quantitative estimate of drug-likeness (QED) is 0.757. The Balaban J connectivity index is 1.81. The van der Waals surface area contributed by atoms with Crippen molar-refractivity contribution in [3.8, 4) is 5.75 Å². The van der Waals surface area contributed by atoms with E-state index < -0.39 is 0 Å². The SMILES string of the molecule is COc1ccc(CNc2nccc3cc(CO)ccc23)cc1. The molecule has 0 radical (unpaired) electrons. The zero-order valence-corrected chi connectivity index (χ0v) is 12.4. The monoisotopic (exact) mass is 294 g/mol. The number of aliphatic hydroxyl groups is 1. The van der Waals surface area contributed by atoms with E-state index in [1.807, 2.05) is 48.5 Å². The number of methoxy groups -OCH3 is 1. The summed E-state index contributed by atoms with van der Waals surface area (Å²) in [6, 6.07) is 15.8. The van der Waals surface area contributed by atoms with Crippen molar-refractivity contribution in [2.45, 2.75) is 13.2 Å². The molecule has 0 fully saturated rings. The maximum absolute atomic E-state index is 9.22. The van der Waals surface area contributed by atoms with E-state index in [1.165, 1.54) is 0 Å². The molecule has 0 amide bonds. The number of anilines is 1. The van der Waals surface area contributed by atoms with Crippen molar-refractivity contribution in [2.24, 2.45) is 0 Å². The van der Waals surface area contributed by atoms with E-state index in [0.29, 0.717) is 6.54 Å². The van der Waals surface area contributed by atoms with E-state index in [4.69, 9.17) is 4.74 Å². The first kappa shape index (κ1) is 14.4. The fraction of sp³-hybridized carbons (Fsp3) is 0.167. The molecule has 0 atom stereocenters. The van der Waals surface area contributed by atoms with E-state index in [2.05, 4.69) is 10.3 Å². The average molecular weight is 294 g/mol. The van der Waals surface area contributed by atoms with Crippen molar-refractivity contribution in [3.63, 3.8) is 0 Å². The number of benzene rings is 2. The van der Waals surface area contributed by atoms with Gasteiger partial charge in [-0.15, -0.1) is 0 Å². The number of nitrogens with zero attached hydrogens (tertiary/aromatic N) is 1. The van der Waals surface area contributed by atoms with Gasteiger partial charge in [-0.1, -0.05) is 24.3 Å². The van der Waals surface area contributed by atoms with Gasteiger partial charge in [-0.25, -0.2) is 4.98 Å². The van der Waals surface area contributed by atoms with Crippen LogP contribution in [0.5, 0.6) is 5.75 Å². The van der Waals surface area contributed by atoms with Crippen molar-refractivity contribution in [3.05, 3.63) is 65.9 Å². The molecule has 0 bridgehead atoms. The molecule has 0 saturated heterocycles. The molecule has 0 aliphatic heterocycles. The fourth-order valence-corrected chi connectivity index (χ4v) is 2.40. The van der Waals surface area contributed by atoms with Crippen LogP contribution in [-0.4, -0.2) is 17.2 Å². The molecule has 0 aliphatic rings. The standard InChI is InChI=1S/C18H18N2O2/c1-22-16-5-2-13(3-6-16)11-20-18-17-7-4-14(12-21)10-15(17)8-9-19-18/h2-10,21H,11-12H2,1H3,(H,19,20). The molecule has 1 heterocycles. The van der Waals surface area contributed by atoms with Gasteiger partial charge in [0.15, 0.2) is 0 Å². The third-order valence-electron chi connectivity index (χ3n) is 3.63. The third kappa shape index (κ3) is 3.02. The van der Waals surface area contributed by atoms with Crippen LogP contribution in [0.2, 0.25) is 0 Å². The van der Waals surface area contributed by atoms with Gasteiger partial charge in [0, 0.05) is 18.1 Å². The van der Waals surface area contributed by atoms with Gasteiger partial charge in [0.05, 0.1) is 13.7 Å². The third-order valence-corrected chi connectivity index (χ3v) is 3.63. The second kappa shape index (κ2) is 6.45. The summed E-state index contributed by atoms with van der Waals surface area (Å²) in [5.74, 6) is 1.70. The minimum absolute atomic E-state index is 0.0485. The zero-order valence-electron chi connectivity index (χ0n) is 12.4. The maximum Gasteiger partial charge on any atom is 0.134 e. The van der Waals surface area contributed by atoms with Gasteiger partial charge in [0.25, 0.3) is 0 Å². The minimum Gasteiger partial charge on any atom is -0.497 e. The second-order valence-electron chi connectivity index (χ2n) is 5.07. The van der Waals surface area contributed by atoms with Crippen molar-refractivity contribution in [1.29, 1.82) is 0 Å². The highest BCUT2D eigenvalue weighted by atomic mass is 16.5. The second-order valence-corrected chi connectivity index (χ2v) is 5.07. The molecule has 2 aromatic carbocycles. The molecule has 4 nitrogen and oxygen atoms in total. The Labute approximate surface area is 129 Å². The van der Waals surface area contributed by atoms with Crippen LogP contribution in [0.25, 0.3) is 10.8 Å². The Bertz CT molecular complexity index is 770. The first-order valence-electron chi connectivity index (χ1n) is 7.15. The predicted molar refractivity (Wildman–Crippen MR) is 88.0 cm³/mol. The molecule has 2 N–H and O–H groups in total. The van der Waals surface area contributed by atoms with E-state index >= 15 is 0 Å². The number of ether oxygens (including phenoxy) is 1. The number of rotatable bonds is 5. The van der Waals surface area contributed by atoms with Crippen molar-refractivity contribution >= 4 is 16.6 Å². The van der Waals surface area contributed by atoms with E-state index in [9.17, 15) is 5.11 Å². The van der Waals surface area contributed by atoms with Crippen LogP contribution in [0.3, 0.4) is 0 Å². The van der Waals surface area contributed by atoms with E-state index in [0.717, 1.165) is 33.5 Å². The highest BCUT2D eigenvalue weighted by Gasteiger charge is 2.03. The molecule has 112 valence electrons. The summed E-state index contributed by atoms with van der Waals surface area (Å²) in [4.78, 5) is 4.41. The van der Waals surface area contributed by atoms with Gasteiger partial charge in [-0.05, 0) is 40.8 Å². The summed E-state index contributed by atoms with van der Waals surface area (Å²) in [6.45, 7) is 0.741. The first-order chi connectivity index (χ1) is 10.8. The molecule has 0 spiro atoms. The summed E-state index contributed by atoms with van der Waals surface area (Å²) >= 11 is 0. The normalized spacial score (nSPS) is 10.6. The minimum atomic E-state index is 0.0485. The molecule has 0 aliphatic carbocycles. The molecule has 4 heteroatoms. The smallest absolute Gasteiger partial charge is 0.134 e. The fourth-order valence-electron chi connectivity index (χ4n) is 2.40. The Morgan fingerprint density at radius 3 is 2.55 bits per heavy atom. The van der Waals surface area contributed by atoms with Gasteiger partial charge in [-0.2, -0.15) is 0 Å². The topological polar surface area (TPSA) is 54.4 Å². The lowest BCUT2D eigenvalue weighted by molar-refractivity contribution is 0.282. The van der Waals surface area contributed by atoms with Crippen LogP contribution >= 0.6 is 0 Å². The number of nitrogens with one attached hydrogen (secondary N) is 1. The molecule has 22 heavy (non-hydrogen) atoms. The maximum atomic E-state index is 9.22. The molecule has 3 aromatic rings. The number of fused-ring (bicyclic) bond motifs is 1. The number of hydrogen-bond donors (Lipinski definition) is 2. The van der Waals surface area contributed by atoms with Crippen molar-refractivity contribution in [1.82, 2.24) is 4.98 Å². The molecular formula is C18H18N2O2.